The van der Waals surface area contributed by atoms with E-state index in [2.05, 4.69) is 49.5 Å². The van der Waals surface area contributed by atoms with E-state index in [1.165, 1.54) is 16.7 Å². The number of benzene rings is 2. The van der Waals surface area contributed by atoms with Crippen LogP contribution in [0.5, 0.6) is 11.5 Å². The standard InChI is InChI=1S/C17H19NO2/c1-12-5-3-4-6-15(12)13(2)18-10-14-7-8-16-17(9-14)20-11-19-16/h3-9,13,18H,10-11H2,1-2H3/t13-/m1/s1. The first-order chi connectivity index (χ1) is 9.74. The highest BCUT2D eigenvalue weighted by atomic mass is 16.7. The van der Waals surface area contributed by atoms with Gasteiger partial charge in [0.1, 0.15) is 0 Å². The molecule has 20 heavy (non-hydrogen) atoms. The second kappa shape index (κ2) is 5.55. The average molecular weight is 269 g/mol. The van der Waals surface area contributed by atoms with Crippen molar-refractivity contribution in [3.63, 3.8) is 0 Å². The number of hydrogen-bond donors (Lipinski definition) is 1. The first-order valence-corrected chi connectivity index (χ1v) is 6.91. The summed E-state index contributed by atoms with van der Waals surface area (Å²) in [7, 11) is 0. The minimum absolute atomic E-state index is 0.321. The van der Waals surface area contributed by atoms with E-state index in [1.807, 2.05) is 12.1 Å². The fourth-order valence-electron chi connectivity index (χ4n) is 2.50. The average Bonchev–Trinajstić information content (AvgIpc) is 2.92. The molecule has 1 atom stereocenters. The lowest BCUT2D eigenvalue weighted by Crippen LogP contribution is -2.18. The van der Waals surface area contributed by atoms with Gasteiger partial charge < -0.3 is 14.8 Å². The van der Waals surface area contributed by atoms with Gasteiger partial charge in [-0.1, -0.05) is 30.3 Å². The molecule has 1 heterocycles. The molecule has 0 bridgehead atoms. The van der Waals surface area contributed by atoms with E-state index in [1.54, 1.807) is 0 Å². The van der Waals surface area contributed by atoms with Gasteiger partial charge in [0.15, 0.2) is 11.5 Å². The van der Waals surface area contributed by atoms with E-state index in [0.717, 1.165) is 18.0 Å². The molecule has 1 aliphatic heterocycles. The van der Waals surface area contributed by atoms with Gasteiger partial charge in [-0.2, -0.15) is 0 Å². The summed E-state index contributed by atoms with van der Waals surface area (Å²) in [6.07, 6.45) is 0. The Morgan fingerprint density at radius 2 is 1.90 bits per heavy atom. The molecular weight excluding hydrogens is 250 g/mol. The molecule has 0 radical (unpaired) electrons. The van der Waals surface area contributed by atoms with Gasteiger partial charge in [0.05, 0.1) is 0 Å². The first-order valence-electron chi connectivity index (χ1n) is 6.91. The lowest BCUT2D eigenvalue weighted by atomic mass is 10.0. The Labute approximate surface area is 119 Å². The van der Waals surface area contributed by atoms with Crippen LogP contribution in [0.2, 0.25) is 0 Å². The van der Waals surface area contributed by atoms with Crippen LogP contribution in [0.1, 0.15) is 29.7 Å². The van der Waals surface area contributed by atoms with E-state index >= 15 is 0 Å². The molecule has 3 nitrogen and oxygen atoms in total. The molecule has 0 unspecified atom stereocenters. The SMILES string of the molecule is Cc1ccccc1[C@@H](C)NCc1ccc2c(c1)OCO2. The molecule has 0 saturated carbocycles. The summed E-state index contributed by atoms with van der Waals surface area (Å²) < 4.78 is 10.7. The number of ether oxygens (including phenoxy) is 2. The van der Waals surface area contributed by atoms with Crippen LogP contribution in [0, 0.1) is 6.92 Å². The van der Waals surface area contributed by atoms with Crippen molar-refractivity contribution < 1.29 is 9.47 Å². The number of aryl methyl sites for hydroxylation is 1. The molecule has 1 N–H and O–H groups in total. The summed E-state index contributed by atoms with van der Waals surface area (Å²) in [6.45, 7) is 5.47. The second-order valence-corrected chi connectivity index (χ2v) is 5.15. The highest BCUT2D eigenvalue weighted by Crippen LogP contribution is 2.32. The highest BCUT2D eigenvalue weighted by molar-refractivity contribution is 5.44. The molecule has 3 rings (SSSR count). The number of fused-ring (bicyclic) bond motifs is 1. The van der Waals surface area contributed by atoms with Crippen molar-refractivity contribution >= 4 is 0 Å². The van der Waals surface area contributed by atoms with Gasteiger partial charge in [-0.25, -0.2) is 0 Å². The van der Waals surface area contributed by atoms with Crippen LogP contribution in [-0.4, -0.2) is 6.79 Å². The molecule has 104 valence electrons. The molecule has 1 aliphatic rings. The minimum Gasteiger partial charge on any atom is -0.454 e. The van der Waals surface area contributed by atoms with Crippen molar-refractivity contribution in [1.82, 2.24) is 5.32 Å². The van der Waals surface area contributed by atoms with E-state index in [0.29, 0.717) is 12.8 Å². The molecule has 2 aromatic rings. The number of hydrogen-bond acceptors (Lipinski definition) is 3. The van der Waals surface area contributed by atoms with Crippen LogP contribution < -0.4 is 14.8 Å². The van der Waals surface area contributed by atoms with Crippen LogP contribution in [0.25, 0.3) is 0 Å². The lowest BCUT2D eigenvalue weighted by Gasteiger charge is -2.16. The molecular formula is C17H19NO2. The highest BCUT2D eigenvalue weighted by Gasteiger charge is 2.13. The van der Waals surface area contributed by atoms with E-state index < -0.39 is 0 Å². The summed E-state index contributed by atoms with van der Waals surface area (Å²) >= 11 is 0. The smallest absolute Gasteiger partial charge is 0.231 e. The van der Waals surface area contributed by atoms with Crippen molar-refractivity contribution in [3.05, 3.63) is 59.2 Å². The zero-order chi connectivity index (χ0) is 13.9. The number of nitrogens with one attached hydrogen (secondary N) is 1. The van der Waals surface area contributed by atoms with Crippen molar-refractivity contribution in [3.8, 4) is 11.5 Å². The predicted molar refractivity (Wildman–Crippen MR) is 79.0 cm³/mol. The molecule has 0 fully saturated rings. The van der Waals surface area contributed by atoms with Gasteiger partial charge in [-0.05, 0) is 42.7 Å². The zero-order valence-electron chi connectivity index (χ0n) is 11.8. The Morgan fingerprint density at radius 3 is 2.75 bits per heavy atom. The third-order valence-electron chi connectivity index (χ3n) is 3.70. The Balaban J connectivity index is 1.66. The topological polar surface area (TPSA) is 30.5 Å². The van der Waals surface area contributed by atoms with Crippen molar-refractivity contribution in [2.45, 2.75) is 26.4 Å². The third kappa shape index (κ3) is 2.63. The van der Waals surface area contributed by atoms with Gasteiger partial charge >= 0.3 is 0 Å². The fraction of sp³-hybridized carbons (Fsp3) is 0.294. The fourth-order valence-corrected chi connectivity index (χ4v) is 2.50. The van der Waals surface area contributed by atoms with E-state index in [-0.39, 0.29) is 0 Å². The summed E-state index contributed by atoms with van der Waals surface area (Å²) in [5.41, 5.74) is 3.86. The minimum atomic E-state index is 0.321. The predicted octanol–water partition coefficient (Wildman–Crippen LogP) is 3.57. The van der Waals surface area contributed by atoms with Gasteiger partial charge in [0.2, 0.25) is 6.79 Å². The second-order valence-electron chi connectivity index (χ2n) is 5.15. The molecule has 0 aromatic heterocycles. The third-order valence-corrected chi connectivity index (χ3v) is 3.70. The Morgan fingerprint density at radius 1 is 1.10 bits per heavy atom. The monoisotopic (exact) mass is 269 g/mol. The molecule has 0 saturated heterocycles. The zero-order valence-corrected chi connectivity index (χ0v) is 11.8. The first kappa shape index (κ1) is 13.0. The summed E-state index contributed by atoms with van der Waals surface area (Å²) in [6, 6.07) is 14.9. The van der Waals surface area contributed by atoms with Crippen molar-refractivity contribution in [2.75, 3.05) is 6.79 Å². The Hall–Kier alpha value is -2.00. The number of rotatable bonds is 4. The van der Waals surface area contributed by atoms with Crippen LogP contribution >= 0.6 is 0 Å². The molecule has 0 spiro atoms. The Kier molecular flexibility index (Phi) is 3.61. The summed E-state index contributed by atoms with van der Waals surface area (Å²) in [4.78, 5) is 0. The van der Waals surface area contributed by atoms with Gasteiger partial charge in [-0.15, -0.1) is 0 Å². The van der Waals surface area contributed by atoms with Crippen LogP contribution in [0.4, 0.5) is 0 Å². The summed E-state index contributed by atoms with van der Waals surface area (Å²) in [5, 5.41) is 3.55. The van der Waals surface area contributed by atoms with Gasteiger partial charge in [-0.3, -0.25) is 0 Å². The van der Waals surface area contributed by atoms with Gasteiger partial charge in [0, 0.05) is 12.6 Å². The quantitative estimate of drug-likeness (QED) is 0.920. The van der Waals surface area contributed by atoms with Crippen LogP contribution in [0.3, 0.4) is 0 Å². The largest absolute Gasteiger partial charge is 0.454 e. The maximum absolute atomic E-state index is 5.40. The Bertz CT molecular complexity index is 610. The maximum atomic E-state index is 5.40. The van der Waals surface area contributed by atoms with Gasteiger partial charge in [0.25, 0.3) is 0 Å². The molecule has 3 heteroatoms. The van der Waals surface area contributed by atoms with E-state index in [4.69, 9.17) is 9.47 Å². The van der Waals surface area contributed by atoms with Crippen molar-refractivity contribution in [2.24, 2.45) is 0 Å². The van der Waals surface area contributed by atoms with Crippen molar-refractivity contribution in [1.29, 1.82) is 0 Å². The van der Waals surface area contributed by atoms with E-state index in [9.17, 15) is 0 Å². The normalized spacial score (nSPS) is 14.3. The molecule has 0 aliphatic carbocycles. The summed E-state index contributed by atoms with van der Waals surface area (Å²) in [5.74, 6) is 1.67. The maximum Gasteiger partial charge on any atom is 0.231 e. The molecule has 2 aromatic carbocycles. The van der Waals surface area contributed by atoms with Crippen LogP contribution in [-0.2, 0) is 6.54 Å². The molecule has 0 amide bonds. The van der Waals surface area contributed by atoms with Crippen LogP contribution in [0.15, 0.2) is 42.5 Å². The lowest BCUT2D eigenvalue weighted by molar-refractivity contribution is 0.174.